The van der Waals surface area contributed by atoms with Crippen LogP contribution in [0.25, 0.3) is 0 Å². The lowest BCUT2D eigenvalue weighted by atomic mass is 10.1. The molecule has 1 N–H and O–H groups in total. The van der Waals surface area contributed by atoms with Crippen molar-refractivity contribution in [3.63, 3.8) is 0 Å². The Hall–Kier alpha value is -0.860. The summed E-state index contributed by atoms with van der Waals surface area (Å²) in [7, 11) is 0. The molecular weight excluding hydrogens is 198 g/mol. The van der Waals surface area contributed by atoms with E-state index in [1.165, 1.54) is 5.56 Å². The number of rotatable bonds is 6. The van der Waals surface area contributed by atoms with Crippen LogP contribution in [0.2, 0.25) is 0 Å². The number of hydrogen-bond donors (Lipinski definition) is 1. The lowest BCUT2D eigenvalue weighted by Crippen LogP contribution is -2.25. The largest absolute Gasteiger partial charge is 0.389 e. The zero-order chi connectivity index (χ0) is 12.0. The third-order valence-corrected chi connectivity index (χ3v) is 3.07. The van der Waals surface area contributed by atoms with Crippen molar-refractivity contribution >= 4 is 0 Å². The molecule has 1 rings (SSSR count). The summed E-state index contributed by atoms with van der Waals surface area (Å²) in [6.45, 7) is 9.52. The summed E-state index contributed by atoms with van der Waals surface area (Å²) in [5.74, 6) is 0. The molecule has 2 nitrogen and oxygen atoms in total. The van der Waals surface area contributed by atoms with E-state index in [0.717, 1.165) is 31.6 Å². The van der Waals surface area contributed by atoms with Gasteiger partial charge in [0.25, 0.3) is 0 Å². The van der Waals surface area contributed by atoms with Crippen molar-refractivity contribution in [1.82, 2.24) is 4.90 Å². The van der Waals surface area contributed by atoms with Gasteiger partial charge < -0.3 is 10.0 Å². The van der Waals surface area contributed by atoms with Crippen LogP contribution in [0.5, 0.6) is 0 Å². The summed E-state index contributed by atoms with van der Waals surface area (Å²) >= 11 is 0. The Kier molecular flexibility index (Phi) is 5.50. The summed E-state index contributed by atoms with van der Waals surface area (Å²) in [5, 5.41) is 9.40. The van der Waals surface area contributed by atoms with Crippen molar-refractivity contribution in [2.75, 3.05) is 19.6 Å². The molecule has 1 unspecified atom stereocenters. The standard InChI is InChI=1S/C14H23NO/c1-4-15(5-2)11-10-13-6-8-14(9-7-13)12(3)16/h6-9,12,16H,4-5,10-11H2,1-3H3. The summed E-state index contributed by atoms with van der Waals surface area (Å²) in [6, 6.07) is 8.27. The van der Waals surface area contributed by atoms with Crippen LogP contribution in [0, 0.1) is 0 Å². The van der Waals surface area contributed by atoms with E-state index in [1.54, 1.807) is 6.92 Å². The molecule has 1 atom stereocenters. The van der Waals surface area contributed by atoms with Crippen LogP contribution in [0.3, 0.4) is 0 Å². The first-order valence-electron chi connectivity index (χ1n) is 6.16. The molecule has 0 bridgehead atoms. The van der Waals surface area contributed by atoms with Gasteiger partial charge in [0.2, 0.25) is 0 Å². The smallest absolute Gasteiger partial charge is 0.0761 e. The monoisotopic (exact) mass is 221 g/mol. The molecule has 0 aliphatic carbocycles. The van der Waals surface area contributed by atoms with E-state index in [0.29, 0.717) is 0 Å². The molecule has 0 aromatic heterocycles. The Morgan fingerprint density at radius 3 is 2.12 bits per heavy atom. The van der Waals surface area contributed by atoms with Gasteiger partial charge in [0.15, 0.2) is 0 Å². The minimum atomic E-state index is -0.364. The normalized spacial score (nSPS) is 13.1. The molecule has 0 radical (unpaired) electrons. The van der Waals surface area contributed by atoms with Crippen LogP contribution in [0.4, 0.5) is 0 Å². The Labute approximate surface area is 98.9 Å². The van der Waals surface area contributed by atoms with Gasteiger partial charge in [-0.1, -0.05) is 38.1 Å². The van der Waals surface area contributed by atoms with E-state index >= 15 is 0 Å². The Balaban J connectivity index is 2.49. The third kappa shape index (κ3) is 3.95. The topological polar surface area (TPSA) is 23.5 Å². The highest BCUT2D eigenvalue weighted by Gasteiger charge is 2.02. The van der Waals surface area contributed by atoms with Gasteiger partial charge >= 0.3 is 0 Å². The molecular formula is C14H23NO. The van der Waals surface area contributed by atoms with E-state index in [9.17, 15) is 5.11 Å². The summed E-state index contributed by atoms with van der Waals surface area (Å²) in [6.07, 6.45) is 0.721. The van der Waals surface area contributed by atoms with E-state index in [2.05, 4.69) is 30.9 Å². The molecule has 0 aliphatic rings. The van der Waals surface area contributed by atoms with Gasteiger partial charge in [-0.05, 0) is 37.6 Å². The second-order valence-electron chi connectivity index (χ2n) is 4.19. The van der Waals surface area contributed by atoms with Crippen molar-refractivity contribution in [1.29, 1.82) is 0 Å². The maximum absolute atomic E-state index is 9.40. The molecule has 0 fully saturated rings. The van der Waals surface area contributed by atoms with Crippen molar-refractivity contribution in [2.45, 2.75) is 33.3 Å². The van der Waals surface area contributed by atoms with E-state index < -0.39 is 0 Å². The molecule has 1 aromatic rings. The molecule has 0 heterocycles. The molecule has 0 saturated carbocycles. The van der Waals surface area contributed by atoms with Gasteiger partial charge in [0.1, 0.15) is 0 Å². The van der Waals surface area contributed by atoms with Gasteiger partial charge in [0, 0.05) is 6.54 Å². The van der Waals surface area contributed by atoms with Crippen molar-refractivity contribution in [3.05, 3.63) is 35.4 Å². The molecule has 0 spiro atoms. The molecule has 0 aliphatic heterocycles. The highest BCUT2D eigenvalue weighted by atomic mass is 16.3. The Morgan fingerprint density at radius 1 is 1.12 bits per heavy atom. The lowest BCUT2D eigenvalue weighted by Gasteiger charge is -2.17. The average Bonchev–Trinajstić information content (AvgIpc) is 2.31. The van der Waals surface area contributed by atoms with Crippen LogP contribution in [-0.2, 0) is 6.42 Å². The number of nitrogens with zero attached hydrogens (tertiary/aromatic N) is 1. The van der Waals surface area contributed by atoms with Gasteiger partial charge in [-0.15, -0.1) is 0 Å². The molecule has 1 aromatic carbocycles. The second-order valence-corrected chi connectivity index (χ2v) is 4.19. The highest BCUT2D eigenvalue weighted by molar-refractivity contribution is 5.24. The first kappa shape index (κ1) is 13.2. The zero-order valence-electron chi connectivity index (χ0n) is 10.6. The van der Waals surface area contributed by atoms with E-state index in [1.807, 2.05) is 12.1 Å². The number of likely N-dealkylation sites (N-methyl/N-ethyl adjacent to an activating group) is 1. The quantitative estimate of drug-likeness (QED) is 0.798. The minimum Gasteiger partial charge on any atom is -0.389 e. The third-order valence-electron chi connectivity index (χ3n) is 3.07. The lowest BCUT2D eigenvalue weighted by molar-refractivity contribution is 0.199. The van der Waals surface area contributed by atoms with Crippen molar-refractivity contribution < 1.29 is 5.11 Å². The maximum Gasteiger partial charge on any atom is 0.0761 e. The molecule has 0 saturated heterocycles. The highest BCUT2D eigenvalue weighted by Crippen LogP contribution is 2.13. The summed E-state index contributed by atoms with van der Waals surface area (Å²) in [5.41, 5.74) is 2.34. The van der Waals surface area contributed by atoms with E-state index in [4.69, 9.17) is 0 Å². The van der Waals surface area contributed by atoms with Gasteiger partial charge in [0.05, 0.1) is 6.10 Å². The number of aliphatic hydroxyl groups excluding tert-OH is 1. The predicted octanol–water partition coefficient (Wildman–Crippen LogP) is 2.62. The van der Waals surface area contributed by atoms with Gasteiger partial charge in [-0.2, -0.15) is 0 Å². The van der Waals surface area contributed by atoms with Crippen LogP contribution in [0.15, 0.2) is 24.3 Å². The van der Waals surface area contributed by atoms with Crippen LogP contribution < -0.4 is 0 Å². The first-order chi connectivity index (χ1) is 7.67. The number of hydrogen-bond acceptors (Lipinski definition) is 2. The molecule has 16 heavy (non-hydrogen) atoms. The van der Waals surface area contributed by atoms with Crippen LogP contribution in [0.1, 0.15) is 38.0 Å². The molecule has 90 valence electrons. The van der Waals surface area contributed by atoms with Crippen LogP contribution >= 0.6 is 0 Å². The Morgan fingerprint density at radius 2 is 1.69 bits per heavy atom. The fourth-order valence-corrected chi connectivity index (χ4v) is 1.79. The van der Waals surface area contributed by atoms with Crippen LogP contribution in [-0.4, -0.2) is 29.6 Å². The van der Waals surface area contributed by atoms with Crippen molar-refractivity contribution in [2.24, 2.45) is 0 Å². The summed E-state index contributed by atoms with van der Waals surface area (Å²) in [4.78, 5) is 2.42. The predicted molar refractivity (Wildman–Crippen MR) is 68.6 cm³/mol. The molecule has 2 heteroatoms. The Bertz CT molecular complexity index is 288. The fraction of sp³-hybridized carbons (Fsp3) is 0.571. The first-order valence-corrected chi connectivity index (χ1v) is 6.16. The fourth-order valence-electron chi connectivity index (χ4n) is 1.79. The van der Waals surface area contributed by atoms with Crippen molar-refractivity contribution in [3.8, 4) is 0 Å². The zero-order valence-corrected chi connectivity index (χ0v) is 10.6. The van der Waals surface area contributed by atoms with Gasteiger partial charge in [-0.3, -0.25) is 0 Å². The number of benzene rings is 1. The summed E-state index contributed by atoms with van der Waals surface area (Å²) < 4.78 is 0. The average molecular weight is 221 g/mol. The minimum absolute atomic E-state index is 0.364. The van der Waals surface area contributed by atoms with E-state index in [-0.39, 0.29) is 6.10 Å². The maximum atomic E-state index is 9.40. The molecule has 0 amide bonds. The SMILES string of the molecule is CCN(CC)CCc1ccc(C(C)O)cc1. The van der Waals surface area contributed by atoms with Gasteiger partial charge in [-0.25, -0.2) is 0 Å². The number of aliphatic hydroxyl groups is 1. The second kappa shape index (κ2) is 6.66.